The zero-order chi connectivity index (χ0) is 36.1. The largest absolute Gasteiger partial charge is 2.00 e. The molecule has 0 unspecified atom stereocenters. The molecule has 15 heteroatoms. The summed E-state index contributed by atoms with van der Waals surface area (Å²) in [5.74, 6) is 0.856. The first-order valence-corrected chi connectivity index (χ1v) is 17.2. The van der Waals surface area contributed by atoms with Crippen LogP contribution in [0.5, 0.6) is 5.75 Å². The van der Waals surface area contributed by atoms with Gasteiger partial charge >= 0.3 is 25.4 Å². The maximum absolute atomic E-state index is 11.9. The van der Waals surface area contributed by atoms with Gasteiger partial charge in [0.15, 0.2) is 5.75 Å². The van der Waals surface area contributed by atoms with E-state index in [-0.39, 0.29) is 58.2 Å². The quantitative estimate of drug-likeness (QED) is 0.106. The van der Waals surface area contributed by atoms with Crippen molar-refractivity contribution in [3.8, 4) is 51.3 Å². The van der Waals surface area contributed by atoms with Crippen molar-refractivity contribution in [1.82, 2.24) is 34.9 Å². The Balaban J connectivity index is 0.00000400. The van der Waals surface area contributed by atoms with Gasteiger partial charge in [-0.25, -0.2) is 4.98 Å². The summed E-state index contributed by atoms with van der Waals surface area (Å²) < 4.78 is 7.86. The summed E-state index contributed by atoms with van der Waals surface area (Å²) in [7, 11) is 1.86. The Hall–Kier alpha value is -5.00. The van der Waals surface area contributed by atoms with Crippen LogP contribution in [0.15, 0.2) is 72.8 Å². The summed E-state index contributed by atoms with van der Waals surface area (Å²) in [6.45, 7) is 2.83. The topological polar surface area (TPSA) is 143 Å². The Morgan fingerprint density at radius 3 is 1.72 bits per heavy atom. The van der Waals surface area contributed by atoms with Crippen molar-refractivity contribution in [2.75, 3.05) is 6.61 Å². The molecule has 3 aromatic heterocycles. The average molecular weight is 812 g/mol. The van der Waals surface area contributed by atoms with Gasteiger partial charge in [0, 0.05) is 55.6 Å². The molecule has 2 aliphatic heterocycles. The van der Waals surface area contributed by atoms with Crippen molar-refractivity contribution in [3.63, 3.8) is 0 Å². The van der Waals surface area contributed by atoms with Gasteiger partial charge < -0.3 is 39.7 Å². The van der Waals surface area contributed by atoms with Gasteiger partial charge in [0.1, 0.15) is 23.3 Å². The molecule has 9 rings (SSSR count). The smallest absolute Gasteiger partial charge is 0.489 e. The first-order chi connectivity index (χ1) is 25.0. The minimum Gasteiger partial charge on any atom is -0.489 e. The SMILES string of the molecule is C[n+]1c2nc3[n-]c(nc4nc(nc5[n-]c(nc1-c1ccccc1-2)c1c(Cl)c(OCC(C)(C)C(=O)O)c(Cl)c(Cl)c51)-c1ccccc1-4)c1ccccc31.[Zn+2]. The van der Waals surface area contributed by atoms with Crippen molar-refractivity contribution in [2.45, 2.75) is 13.8 Å². The number of rotatable bonds is 4. The molecule has 0 radical (unpaired) electrons. The Labute approximate surface area is 328 Å². The van der Waals surface area contributed by atoms with Crippen LogP contribution in [0.25, 0.3) is 89.7 Å². The molecule has 0 saturated heterocycles. The number of carbonyl (C=O) groups is 1. The fourth-order valence-electron chi connectivity index (χ4n) is 6.41. The molecular weight excluding hydrogens is 788 g/mol. The van der Waals surface area contributed by atoms with Gasteiger partial charge in [-0.1, -0.05) is 108 Å². The molecule has 7 aromatic rings. The van der Waals surface area contributed by atoms with E-state index in [1.807, 2.05) is 84.4 Å². The van der Waals surface area contributed by atoms with Gasteiger partial charge in [0.2, 0.25) is 0 Å². The Bertz CT molecular complexity index is 2890. The number of halogens is 3. The number of hydrogen-bond donors (Lipinski definition) is 1. The molecule has 11 nitrogen and oxygen atoms in total. The molecule has 53 heavy (non-hydrogen) atoms. The monoisotopic (exact) mass is 809 g/mol. The minimum atomic E-state index is -1.26. The van der Waals surface area contributed by atoms with Crippen LogP contribution >= 0.6 is 34.8 Å². The zero-order valence-corrected chi connectivity index (χ0v) is 33.6. The number of ether oxygens (including phenoxy) is 1. The summed E-state index contributed by atoms with van der Waals surface area (Å²) in [6, 6.07) is 23.2. The fourth-order valence-corrected chi connectivity index (χ4v) is 7.29. The standard InChI is InChI=1S/C38H25Cl3N8O3.Zn/c1-38(2,37(50)51)16-52-28-26(40)24-23(25(39)27(28)41)33-45-31-18-11-5-4-10-17(18)29(43-31)42-30-19-12-6-7-13-20(19)32(44-30)47-35-21-14-8-9-15-22(21)36(49(35)3)48-34(24)46-33;/h4-15H,16H2,1-3H3,(H2,42,43,44,45,46,47,48,50,51);/q;+2/p-1. The van der Waals surface area contributed by atoms with E-state index in [0.29, 0.717) is 45.4 Å². The van der Waals surface area contributed by atoms with Crippen molar-refractivity contribution in [2.24, 2.45) is 12.5 Å². The molecule has 4 aromatic carbocycles. The molecule has 0 aliphatic carbocycles. The van der Waals surface area contributed by atoms with Gasteiger partial charge in [-0.05, 0) is 24.6 Å². The van der Waals surface area contributed by atoms with Crippen molar-refractivity contribution >= 4 is 84.9 Å². The summed E-state index contributed by atoms with van der Waals surface area (Å²) in [6.07, 6.45) is 0. The number of benzene rings is 4. The van der Waals surface area contributed by atoms with Crippen LogP contribution < -0.4 is 19.3 Å². The van der Waals surface area contributed by atoms with Crippen molar-refractivity contribution in [1.29, 1.82) is 0 Å². The van der Waals surface area contributed by atoms with Gasteiger partial charge in [-0.3, -0.25) is 9.36 Å². The maximum atomic E-state index is 11.9. The first kappa shape index (κ1) is 35.1. The van der Waals surface area contributed by atoms with Gasteiger partial charge in [-0.2, -0.15) is 0 Å². The van der Waals surface area contributed by atoms with Gasteiger partial charge in [0.25, 0.3) is 0 Å². The van der Waals surface area contributed by atoms with Crippen LogP contribution in [0.3, 0.4) is 0 Å². The average Bonchev–Trinajstić information content (AvgIpc) is 3.85. The third-order valence-corrected chi connectivity index (χ3v) is 10.4. The minimum absolute atomic E-state index is 0. The molecule has 0 spiro atoms. The van der Waals surface area contributed by atoms with Crippen molar-refractivity contribution in [3.05, 3.63) is 87.9 Å². The maximum Gasteiger partial charge on any atom is 2.00 e. The van der Waals surface area contributed by atoms with E-state index in [1.165, 1.54) is 13.8 Å². The van der Waals surface area contributed by atoms with Crippen LogP contribution in [0.2, 0.25) is 15.1 Å². The number of aliphatic carboxylic acids is 1. The number of carboxylic acid groups (broad SMARTS) is 1. The summed E-state index contributed by atoms with van der Waals surface area (Å²) in [5, 5.41) is 12.1. The molecule has 0 saturated carbocycles. The number of carboxylic acids is 1. The molecule has 5 heterocycles. The molecular formula is C38H24Cl3N8O3Zn+. The van der Waals surface area contributed by atoms with E-state index in [2.05, 4.69) is 0 Å². The van der Waals surface area contributed by atoms with E-state index in [4.69, 9.17) is 74.4 Å². The Kier molecular flexibility index (Phi) is 8.50. The van der Waals surface area contributed by atoms with Crippen LogP contribution in [0.1, 0.15) is 13.8 Å². The molecule has 0 atom stereocenters. The normalized spacial score (nSPS) is 12.0. The van der Waals surface area contributed by atoms with Crippen LogP contribution in [0.4, 0.5) is 0 Å². The van der Waals surface area contributed by atoms with Gasteiger partial charge in [-0.15, -0.1) is 0 Å². The summed E-state index contributed by atoms with van der Waals surface area (Å²) in [5.41, 5.74) is 3.18. The van der Waals surface area contributed by atoms with Crippen LogP contribution in [-0.2, 0) is 31.3 Å². The van der Waals surface area contributed by atoms with E-state index in [9.17, 15) is 9.90 Å². The summed E-state index contributed by atoms with van der Waals surface area (Å²) in [4.78, 5) is 46.7. The van der Waals surface area contributed by atoms with Crippen molar-refractivity contribution < 1.29 is 38.7 Å². The molecule has 0 amide bonds. The van der Waals surface area contributed by atoms with E-state index in [0.717, 1.165) is 33.0 Å². The fraction of sp³-hybridized carbons (Fsp3) is 0.132. The molecule has 2 aliphatic rings. The number of hydrogen-bond acceptors (Lipinski definition) is 7. The third kappa shape index (κ3) is 5.46. The van der Waals surface area contributed by atoms with Crippen LogP contribution in [0, 0.1) is 5.41 Å². The third-order valence-electron chi connectivity index (χ3n) is 9.23. The number of fused-ring (bicyclic) bond motifs is 20. The second kappa shape index (κ2) is 12.8. The van der Waals surface area contributed by atoms with Crippen LogP contribution in [-0.4, -0.2) is 42.6 Å². The van der Waals surface area contributed by atoms with E-state index in [1.54, 1.807) is 0 Å². The van der Waals surface area contributed by atoms with Gasteiger partial charge in [0.05, 0.1) is 34.2 Å². The number of aromatic nitrogens is 8. The molecule has 1 N–H and O–H groups in total. The number of nitrogens with zero attached hydrogens (tertiary/aromatic N) is 8. The van der Waals surface area contributed by atoms with E-state index < -0.39 is 11.4 Å². The Morgan fingerprint density at radius 1 is 0.679 bits per heavy atom. The van der Waals surface area contributed by atoms with E-state index >= 15 is 0 Å². The summed E-state index contributed by atoms with van der Waals surface area (Å²) >= 11 is 21.0. The Morgan fingerprint density at radius 2 is 1.13 bits per heavy atom. The second-order valence-electron chi connectivity index (χ2n) is 13.1. The zero-order valence-electron chi connectivity index (χ0n) is 28.3. The molecule has 256 valence electrons. The first-order valence-electron chi connectivity index (χ1n) is 16.1. The predicted molar refractivity (Wildman–Crippen MR) is 199 cm³/mol. The second-order valence-corrected chi connectivity index (χ2v) is 14.2. The molecule has 8 bridgehead atoms. The predicted octanol–water partition coefficient (Wildman–Crippen LogP) is 8.00. The molecule has 0 fully saturated rings.